The molecule has 2 N–H and O–H groups in total. The highest BCUT2D eigenvalue weighted by atomic mass is 35.5. The summed E-state index contributed by atoms with van der Waals surface area (Å²) in [6.45, 7) is 2.18. The standard InChI is InChI=1S/C28H24ClFN2O5S/c1-2-3-13-37-23-8-10-24(11-9-23)38(35,36)31-26(28(33)34)15-20-18-32(17-19-5-4-6-22(30)14-19)27-12-7-21(29)16-25(20)27/h4-12,14,16,18,26,31H,13,15,17H2,1H3,(H,33,34). The number of nitrogens with zero attached hydrogens (tertiary/aromatic N) is 1. The lowest BCUT2D eigenvalue weighted by molar-refractivity contribution is -0.138. The van der Waals surface area contributed by atoms with Crippen molar-refractivity contribution in [3.05, 3.63) is 94.9 Å². The Hall–Kier alpha value is -3.84. The van der Waals surface area contributed by atoms with Crippen molar-refractivity contribution in [2.45, 2.75) is 30.8 Å². The molecule has 1 aromatic heterocycles. The number of carboxylic acids is 1. The van der Waals surface area contributed by atoms with Gasteiger partial charge in [-0.2, -0.15) is 4.72 Å². The number of hydrogen-bond acceptors (Lipinski definition) is 4. The second kappa shape index (κ2) is 11.7. The number of carbonyl (C=O) groups is 1. The maximum atomic E-state index is 13.7. The largest absolute Gasteiger partial charge is 0.481 e. The zero-order chi connectivity index (χ0) is 27.3. The fraction of sp³-hybridized carbons (Fsp3) is 0.179. The first-order valence-corrected chi connectivity index (χ1v) is 13.4. The lowest BCUT2D eigenvalue weighted by Crippen LogP contribution is -2.42. The number of aliphatic carboxylic acids is 1. The van der Waals surface area contributed by atoms with Crippen molar-refractivity contribution in [1.29, 1.82) is 0 Å². The lowest BCUT2D eigenvalue weighted by Gasteiger charge is -2.15. The molecule has 196 valence electrons. The van der Waals surface area contributed by atoms with E-state index in [0.717, 1.165) is 5.52 Å². The van der Waals surface area contributed by atoms with Gasteiger partial charge in [0.15, 0.2) is 0 Å². The van der Waals surface area contributed by atoms with Crippen LogP contribution in [0.5, 0.6) is 5.75 Å². The van der Waals surface area contributed by atoms with Gasteiger partial charge < -0.3 is 14.4 Å². The summed E-state index contributed by atoms with van der Waals surface area (Å²) in [6, 6.07) is 15.5. The number of rotatable bonds is 10. The van der Waals surface area contributed by atoms with Crippen LogP contribution in [-0.4, -0.2) is 36.7 Å². The third-order valence-corrected chi connectivity index (χ3v) is 7.53. The zero-order valence-electron chi connectivity index (χ0n) is 20.3. The first-order chi connectivity index (χ1) is 18.2. The van der Waals surface area contributed by atoms with Crippen LogP contribution in [0.15, 0.2) is 77.8 Å². The number of aromatic nitrogens is 1. The second-order valence-corrected chi connectivity index (χ2v) is 10.6. The Labute approximate surface area is 224 Å². The molecule has 0 bridgehead atoms. The van der Waals surface area contributed by atoms with Crippen molar-refractivity contribution in [2.75, 3.05) is 6.61 Å². The van der Waals surface area contributed by atoms with E-state index in [0.29, 0.717) is 33.8 Å². The zero-order valence-corrected chi connectivity index (χ0v) is 21.9. The smallest absolute Gasteiger partial charge is 0.322 e. The Morgan fingerprint density at radius 3 is 2.61 bits per heavy atom. The van der Waals surface area contributed by atoms with Crippen LogP contribution in [0.25, 0.3) is 10.9 Å². The normalized spacial score (nSPS) is 12.1. The van der Waals surface area contributed by atoms with Crippen molar-refractivity contribution >= 4 is 38.5 Å². The fourth-order valence-corrected chi connectivity index (χ4v) is 5.39. The molecule has 0 amide bonds. The molecule has 4 rings (SSSR count). The van der Waals surface area contributed by atoms with Crippen LogP contribution in [0.2, 0.25) is 5.02 Å². The molecular weight excluding hydrogens is 531 g/mol. The third-order valence-electron chi connectivity index (χ3n) is 5.81. The van der Waals surface area contributed by atoms with Crippen molar-refractivity contribution < 1.29 is 27.4 Å². The quantitative estimate of drug-likeness (QED) is 0.273. The van der Waals surface area contributed by atoms with E-state index in [1.165, 1.54) is 36.4 Å². The van der Waals surface area contributed by atoms with Gasteiger partial charge in [-0.05, 0) is 72.6 Å². The number of ether oxygens (including phenoxy) is 1. The van der Waals surface area contributed by atoms with E-state index < -0.39 is 22.0 Å². The van der Waals surface area contributed by atoms with Crippen LogP contribution in [-0.2, 0) is 27.8 Å². The van der Waals surface area contributed by atoms with Gasteiger partial charge in [0.05, 0.1) is 4.90 Å². The van der Waals surface area contributed by atoms with E-state index in [2.05, 4.69) is 16.6 Å². The SMILES string of the molecule is CC#CCOc1ccc(S(=O)(=O)NC(Cc2cn(Cc3cccc(F)c3)c3ccc(Cl)cc23)C(=O)O)cc1. The maximum Gasteiger partial charge on any atom is 0.322 e. The van der Waals surface area contributed by atoms with E-state index in [4.69, 9.17) is 16.3 Å². The molecule has 3 aromatic carbocycles. The summed E-state index contributed by atoms with van der Waals surface area (Å²) in [5.74, 6) is 4.17. The summed E-state index contributed by atoms with van der Waals surface area (Å²) in [5.41, 5.74) is 2.05. The van der Waals surface area contributed by atoms with Crippen molar-refractivity contribution in [3.63, 3.8) is 0 Å². The average molecular weight is 555 g/mol. The number of sulfonamides is 1. The van der Waals surface area contributed by atoms with Gasteiger partial charge in [-0.25, -0.2) is 12.8 Å². The molecule has 1 heterocycles. The first kappa shape index (κ1) is 27.2. The Kier molecular flexibility index (Phi) is 8.37. The minimum absolute atomic E-state index is 0.103. The number of benzene rings is 3. The second-order valence-electron chi connectivity index (χ2n) is 8.48. The summed E-state index contributed by atoms with van der Waals surface area (Å²) in [4.78, 5) is 12.0. The van der Waals surface area contributed by atoms with Crippen LogP contribution in [0, 0.1) is 17.7 Å². The molecule has 0 aliphatic carbocycles. The number of nitrogens with one attached hydrogen (secondary N) is 1. The molecule has 1 atom stereocenters. The summed E-state index contributed by atoms with van der Waals surface area (Å²) >= 11 is 6.21. The molecule has 10 heteroatoms. The topological polar surface area (TPSA) is 97.6 Å². The predicted molar refractivity (Wildman–Crippen MR) is 143 cm³/mol. The first-order valence-electron chi connectivity index (χ1n) is 11.6. The van der Waals surface area contributed by atoms with Gasteiger partial charge in [0.2, 0.25) is 10.0 Å². The lowest BCUT2D eigenvalue weighted by atomic mass is 10.1. The van der Waals surface area contributed by atoms with Crippen LogP contribution in [0.4, 0.5) is 4.39 Å². The number of hydrogen-bond donors (Lipinski definition) is 2. The molecule has 38 heavy (non-hydrogen) atoms. The Balaban J connectivity index is 1.60. The molecular formula is C28H24ClFN2O5S. The predicted octanol–water partition coefficient (Wildman–Crippen LogP) is 4.86. The average Bonchev–Trinajstić information content (AvgIpc) is 3.19. The Bertz CT molecular complexity index is 1640. The molecule has 7 nitrogen and oxygen atoms in total. The fourth-order valence-electron chi connectivity index (χ4n) is 4.03. The molecule has 0 radical (unpaired) electrons. The molecule has 0 fully saturated rings. The molecule has 0 aliphatic heterocycles. The van der Waals surface area contributed by atoms with Gasteiger partial charge in [-0.1, -0.05) is 29.7 Å². The molecule has 0 spiro atoms. The van der Waals surface area contributed by atoms with Gasteiger partial charge in [-0.3, -0.25) is 4.79 Å². The highest BCUT2D eigenvalue weighted by Gasteiger charge is 2.27. The van der Waals surface area contributed by atoms with Crippen LogP contribution in [0.3, 0.4) is 0 Å². The molecule has 4 aromatic rings. The van der Waals surface area contributed by atoms with Crippen LogP contribution >= 0.6 is 11.6 Å². The number of carboxylic acid groups (broad SMARTS) is 1. The molecule has 0 aliphatic rings. The van der Waals surface area contributed by atoms with E-state index in [1.807, 2.05) is 4.57 Å². The van der Waals surface area contributed by atoms with Crippen molar-refractivity contribution in [3.8, 4) is 17.6 Å². The summed E-state index contributed by atoms with van der Waals surface area (Å²) < 4.78 is 49.3. The van der Waals surface area contributed by atoms with Gasteiger partial charge in [0.25, 0.3) is 0 Å². The minimum atomic E-state index is -4.16. The summed E-state index contributed by atoms with van der Waals surface area (Å²) in [6.07, 6.45) is 1.60. The van der Waals surface area contributed by atoms with E-state index in [1.54, 1.807) is 43.5 Å². The molecule has 0 saturated carbocycles. The molecule has 0 saturated heterocycles. The van der Waals surface area contributed by atoms with E-state index in [-0.39, 0.29) is 23.7 Å². The Morgan fingerprint density at radius 1 is 1.16 bits per heavy atom. The van der Waals surface area contributed by atoms with Gasteiger partial charge in [-0.15, -0.1) is 5.92 Å². The van der Waals surface area contributed by atoms with Gasteiger partial charge in [0.1, 0.15) is 24.2 Å². The van der Waals surface area contributed by atoms with E-state index in [9.17, 15) is 22.7 Å². The monoisotopic (exact) mass is 554 g/mol. The molecule has 1 unspecified atom stereocenters. The Morgan fingerprint density at radius 2 is 1.92 bits per heavy atom. The summed E-state index contributed by atoms with van der Waals surface area (Å²) in [5, 5.41) is 11.0. The highest BCUT2D eigenvalue weighted by Crippen LogP contribution is 2.27. The van der Waals surface area contributed by atoms with Gasteiger partial charge >= 0.3 is 5.97 Å². The van der Waals surface area contributed by atoms with Gasteiger partial charge in [0, 0.05) is 35.1 Å². The number of halogens is 2. The van der Waals surface area contributed by atoms with Crippen molar-refractivity contribution in [2.24, 2.45) is 0 Å². The summed E-state index contributed by atoms with van der Waals surface area (Å²) in [7, 11) is -4.16. The van der Waals surface area contributed by atoms with Crippen LogP contribution < -0.4 is 9.46 Å². The highest BCUT2D eigenvalue weighted by molar-refractivity contribution is 7.89. The van der Waals surface area contributed by atoms with Crippen molar-refractivity contribution in [1.82, 2.24) is 9.29 Å². The van der Waals surface area contributed by atoms with Crippen LogP contribution in [0.1, 0.15) is 18.1 Å². The maximum absolute atomic E-state index is 13.7. The third kappa shape index (κ3) is 6.53. The minimum Gasteiger partial charge on any atom is -0.481 e. The number of fused-ring (bicyclic) bond motifs is 1. The van der Waals surface area contributed by atoms with E-state index >= 15 is 0 Å².